The molecule has 1 aromatic heterocycles. The van der Waals surface area contributed by atoms with Crippen LogP contribution in [0.25, 0.3) is 5.70 Å². The molecule has 2 aliphatic rings. The highest BCUT2D eigenvalue weighted by Gasteiger charge is 2.66. The molecule has 0 spiro atoms. The van der Waals surface area contributed by atoms with Crippen LogP contribution in [0.3, 0.4) is 0 Å². The Morgan fingerprint density at radius 3 is 2.38 bits per heavy atom. The standard InChI is InChI=1S/C19H16ClF7N5/c1-17(21,22)18(23,24)15-14(19(25,26)27)16(31(2)30-15)32-7-10(32)6-29-13(8-32)9-3-4-11(20)12(28)5-9/h3-6,8,10H,7,28H2,1-2H3/q+1. The summed E-state index contributed by atoms with van der Waals surface area (Å²) in [7, 11) is 1.01. The fraction of sp³-hybridized carbons (Fsp3) is 0.368. The molecule has 172 valence electrons. The van der Waals surface area contributed by atoms with E-state index in [1.165, 1.54) is 24.5 Å². The minimum atomic E-state index is -5.36. The quantitative estimate of drug-likeness (QED) is 0.282. The second-order valence-corrected chi connectivity index (χ2v) is 8.25. The molecule has 2 aliphatic heterocycles. The van der Waals surface area contributed by atoms with Crippen LogP contribution in [0.5, 0.6) is 0 Å². The van der Waals surface area contributed by atoms with Crippen LogP contribution in [-0.4, -0.2) is 34.5 Å². The lowest BCUT2D eigenvalue weighted by Gasteiger charge is -2.23. The Morgan fingerprint density at radius 2 is 1.81 bits per heavy atom. The third-order valence-electron chi connectivity index (χ3n) is 5.52. The molecule has 5 nitrogen and oxygen atoms in total. The third-order valence-corrected chi connectivity index (χ3v) is 5.87. The van der Waals surface area contributed by atoms with Crippen molar-refractivity contribution >= 4 is 35.0 Å². The molecule has 3 heterocycles. The minimum absolute atomic E-state index is 0.0617. The lowest BCUT2D eigenvalue weighted by Crippen LogP contribution is -2.37. The molecular weight excluding hydrogens is 467 g/mol. The van der Waals surface area contributed by atoms with Crippen LogP contribution >= 0.6 is 11.6 Å². The maximum atomic E-state index is 14.4. The molecule has 1 fully saturated rings. The lowest BCUT2D eigenvalue weighted by molar-refractivity contribution is -0.212. The Morgan fingerprint density at radius 1 is 1.16 bits per heavy atom. The van der Waals surface area contributed by atoms with Gasteiger partial charge >= 0.3 is 18.0 Å². The van der Waals surface area contributed by atoms with E-state index in [1.54, 1.807) is 6.07 Å². The van der Waals surface area contributed by atoms with Crippen molar-refractivity contribution in [3.63, 3.8) is 0 Å². The first kappa shape index (κ1) is 22.6. The number of aliphatic imine (C=N–C) groups is 1. The van der Waals surface area contributed by atoms with E-state index in [-0.39, 0.29) is 29.9 Å². The van der Waals surface area contributed by atoms with Gasteiger partial charge in [0.1, 0.15) is 18.4 Å². The summed E-state index contributed by atoms with van der Waals surface area (Å²) in [6.07, 6.45) is -2.62. The van der Waals surface area contributed by atoms with E-state index in [2.05, 4.69) is 10.1 Å². The molecule has 2 N–H and O–H groups in total. The molecule has 2 aromatic rings. The maximum Gasteiger partial charge on any atom is 0.425 e. The molecule has 0 saturated carbocycles. The van der Waals surface area contributed by atoms with Gasteiger partial charge in [-0.25, -0.2) is 14.2 Å². The second-order valence-electron chi connectivity index (χ2n) is 7.84. The molecule has 0 radical (unpaired) electrons. The Labute approximate surface area is 182 Å². The van der Waals surface area contributed by atoms with E-state index in [9.17, 15) is 30.7 Å². The number of alkyl halides is 7. The first-order chi connectivity index (χ1) is 14.6. The van der Waals surface area contributed by atoms with Gasteiger partial charge in [0.2, 0.25) is 5.82 Å². The number of hydrogen-bond acceptors (Lipinski definition) is 3. The maximum absolute atomic E-state index is 14.4. The van der Waals surface area contributed by atoms with Crippen LogP contribution < -0.4 is 10.2 Å². The van der Waals surface area contributed by atoms with Crippen molar-refractivity contribution in [3.05, 3.63) is 46.2 Å². The van der Waals surface area contributed by atoms with Crippen molar-refractivity contribution in [3.8, 4) is 0 Å². The highest BCUT2D eigenvalue weighted by molar-refractivity contribution is 6.33. The number of quaternary nitrogens is 1. The van der Waals surface area contributed by atoms with Gasteiger partial charge in [0.05, 0.1) is 16.9 Å². The van der Waals surface area contributed by atoms with Crippen LogP contribution in [0.2, 0.25) is 5.02 Å². The number of hydrogen-bond donors (Lipinski definition) is 1. The van der Waals surface area contributed by atoms with Gasteiger partial charge in [-0.15, -0.1) is 0 Å². The number of anilines is 1. The predicted octanol–water partition coefficient (Wildman–Crippen LogP) is 5.19. The van der Waals surface area contributed by atoms with Crippen LogP contribution in [-0.2, 0) is 19.1 Å². The second kappa shape index (κ2) is 6.70. The van der Waals surface area contributed by atoms with Crippen molar-refractivity contribution < 1.29 is 30.7 Å². The van der Waals surface area contributed by atoms with Gasteiger partial charge in [-0.3, -0.25) is 0 Å². The Bertz CT molecular complexity index is 1160. The van der Waals surface area contributed by atoms with E-state index < -0.39 is 45.6 Å². The number of nitrogens with zero attached hydrogens (tertiary/aromatic N) is 4. The zero-order valence-corrected chi connectivity index (χ0v) is 17.3. The van der Waals surface area contributed by atoms with Crippen LogP contribution in [0.1, 0.15) is 23.7 Å². The van der Waals surface area contributed by atoms with Crippen molar-refractivity contribution in [2.24, 2.45) is 12.0 Å². The summed E-state index contributed by atoms with van der Waals surface area (Å²) in [5.41, 5.74) is 2.76. The molecule has 0 amide bonds. The smallest absolute Gasteiger partial charge is 0.398 e. The molecule has 32 heavy (non-hydrogen) atoms. The number of halogens is 8. The van der Waals surface area contributed by atoms with Crippen molar-refractivity contribution in [1.82, 2.24) is 14.3 Å². The largest absolute Gasteiger partial charge is 0.425 e. The van der Waals surface area contributed by atoms with Gasteiger partial charge in [0.25, 0.3) is 0 Å². The summed E-state index contributed by atoms with van der Waals surface area (Å²) >= 11 is 5.90. The number of aromatic nitrogens is 2. The van der Waals surface area contributed by atoms with Crippen molar-refractivity contribution in [2.75, 3.05) is 12.3 Å². The van der Waals surface area contributed by atoms with Crippen LogP contribution in [0.4, 0.5) is 42.2 Å². The molecule has 1 aromatic carbocycles. The van der Waals surface area contributed by atoms with E-state index in [1.807, 2.05) is 0 Å². The number of aryl methyl sites for hydroxylation is 1. The van der Waals surface area contributed by atoms with Gasteiger partial charge < -0.3 is 5.73 Å². The van der Waals surface area contributed by atoms with Gasteiger partial charge in [-0.2, -0.15) is 35.8 Å². The highest BCUT2D eigenvalue weighted by Crippen LogP contribution is 2.54. The van der Waals surface area contributed by atoms with Crippen LogP contribution in [0.15, 0.2) is 29.4 Å². The first-order valence-electron chi connectivity index (χ1n) is 9.20. The Kier molecular flexibility index (Phi) is 4.73. The molecule has 0 aliphatic carbocycles. The molecule has 4 rings (SSSR count). The molecule has 1 saturated heterocycles. The topological polar surface area (TPSA) is 56.2 Å². The molecule has 13 heteroatoms. The third kappa shape index (κ3) is 3.27. The molecule has 0 bridgehead atoms. The normalized spacial score (nSPS) is 23.2. The summed E-state index contributed by atoms with van der Waals surface area (Å²) < 4.78 is 97.8. The van der Waals surface area contributed by atoms with Gasteiger partial charge in [0.15, 0.2) is 17.3 Å². The summed E-state index contributed by atoms with van der Waals surface area (Å²) in [6.45, 7) is -0.0863. The summed E-state index contributed by atoms with van der Waals surface area (Å²) in [5, 5.41) is 3.49. The van der Waals surface area contributed by atoms with Crippen molar-refractivity contribution in [2.45, 2.75) is 31.0 Å². The number of rotatable bonds is 4. The fourth-order valence-electron chi connectivity index (χ4n) is 3.83. The Balaban J connectivity index is 1.92. The summed E-state index contributed by atoms with van der Waals surface area (Å²) in [4.78, 5) is 4.22. The van der Waals surface area contributed by atoms with Gasteiger partial charge in [-0.05, 0) is 12.1 Å². The number of nitrogens with two attached hydrogens (primary N) is 1. The monoisotopic (exact) mass is 482 g/mol. The van der Waals surface area contributed by atoms with E-state index in [0.29, 0.717) is 10.2 Å². The van der Waals surface area contributed by atoms with Crippen LogP contribution in [0, 0.1) is 0 Å². The average Bonchev–Trinajstić information content (AvgIpc) is 3.27. The molecular formula is C19H16ClF7N5+. The highest BCUT2D eigenvalue weighted by atomic mass is 35.5. The fourth-order valence-corrected chi connectivity index (χ4v) is 3.95. The lowest BCUT2D eigenvalue weighted by atomic mass is 10.0. The predicted molar refractivity (Wildman–Crippen MR) is 106 cm³/mol. The number of nitrogen functional groups attached to an aromatic ring is 1. The number of fused-ring (bicyclic) bond motifs is 1. The molecule has 2 atom stereocenters. The molecule has 2 unspecified atom stereocenters. The summed E-state index contributed by atoms with van der Waals surface area (Å²) in [6, 6.07) is 3.90. The van der Waals surface area contributed by atoms with E-state index >= 15 is 0 Å². The minimum Gasteiger partial charge on any atom is -0.398 e. The summed E-state index contributed by atoms with van der Waals surface area (Å²) in [5.74, 6) is -10.6. The zero-order valence-electron chi connectivity index (χ0n) is 16.6. The number of benzene rings is 1. The first-order valence-corrected chi connectivity index (χ1v) is 9.58. The van der Waals surface area contributed by atoms with E-state index in [0.717, 1.165) is 7.05 Å². The SMILES string of the molecule is Cn1nc(C(F)(F)C(C)(F)F)c(C(F)(F)F)c1[N+]12C=C(c3ccc(Cl)c(N)c3)N=CC1C2. The van der Waals surface area contributed by atoms with Crippen molar-refractivity contribution in [1.29, 1.82) is 0 Å². The zero-order chi connectivity index (χ0) is 23.9. The Hall–Kier alpha value is -2.60. The van der Waals surface area contributed by atoms with Gasteiger partial charge in [-0.1, -0.05) is 17.7 Å². The van der Waals surface area contributed by atoms with Gasteiger partial charge in [0, 0.05) is 19.5 Å². The van der Waals surface area contributed by atoms with E-state index in [4.69, 9.17) is 17.3 Å². The average molecular weight is 483 g/mol.